The third-order valence-electron chi connectivity index (χ3n) is 7.44. The van der Waals surface area contributed by atoms with Crippen molar-refractivity contribution in [3.05, 3.63) is 113 Å². The zero-order chi connectivity index (χ0) is 30.6. The van der Waals surface area contributed by atoms with Gasteiger partial charge in [0.25, 0.3) is 0 Å². The Morgan fingerprint density at radius 3 is 2.57 bits per heavy atom. The van der Waals surface area contributed by atoms with Gasteiger partial charge in [0, 0.05) is 48.8 Å². The van der Waals surface area contributed by atoms with E-state index in [1.807, 2.05) is 4.57 Å². The van der Waals surface area contributed by atoms with Gasteiger partial charge in [-0.2, -0.15) is 0 Å². The van der Waals surface area contributed by atoms with Crippen LogP contribution in [0.25, 0.3) is 22.3 Å². The Hall–Kier alpha value is -5.07. The number of hydrogen-bond donors (Lipinski definition) is 1. The first-order valence-electron chi connectivity index (χ1n) is 14.3. The number of hydrogen-bond acceptors (Lipinski definition) is 5. The molecule has 0 radical (unpaired) electrons. The van der Waals surface area contributed by atoms with Gasteiger partial charge in [-0.1, -0.05) is 36.1 Å². The summed E-state index contributed by atoms with van der Waals surface area (Å²) in [7, 11) is 1.58. The lowest BCUT2D eigenvalue weighted by Gasteiger charge is -2.11. The van der Waals surface area contributed by atoms with Crippen molar-refractivity contribution in [2.24, 2.45) is 5.92 Å². The summed E-state index contributed by atoms with van der Waals surface area (Å²) in [4.78, 5) is 20.7. The van der Waals surface area contributed by atoms with Crippen LogP contribution >= 0.6 is 0 Å². The maximum Gasteiger partial charge on any atom is 0.335 e. The molecule has 3 aromatic carbocycles. The molecule has 0 saturated heterocycles. The SMILES string of the molecule is COCCn1c(Cc2ccc(-c3cccc(OCc4ccc(C#CC5CC5)cc4F)n3)cc2F)nc2ccc(C(=O)O)cc21. The van der Waals surface area contributed by atoms with E-state index in [0.717, 1.165) is 12.8 Å². The molecule has 1 fully saturated rings. The van der Waals surface area contributed by atoms with Crippen molar-refractivity contribution in [1.29, 1.82) is 0 Å². The molecule has 44 heavy (non-hydrogen) atoms. The van der Waals surface area contributed by atoms with Crippen LogP contribution in [0, 0.1) is 29.4 Å². The molecule has 1 N–H and O–H groups in total. The summed E-state index contributed by atoms with van der Waals surface area (Å²) in [6.07, 6.45) is 2.42. The first kappa shape index (κ1) is 29.0. The van der Waals surface area contributed by atoms with Gasteiger partial charge in [-0.15, -0.1) is 0 Å². The molecule has 1 aliphatic rings. The highest BCUT2D eigenvalue weighted by molar-refractivity contribution is 5.92. The number of fused-ring (bicyclic) bond motifs is 1. The topological polar surface area (TPSA) is 86.5 Å². The smallest absolute Gasteiger partial charge is 0.335 e. The number of pyridine rings is 1. The second-order valence-corrected chi connectivity index (χ2v) is 10.7. The van der Waals surface area contributed by atoms with E-state index in [9.17, 15) is 14.3 Å². The molecule has 222 valence electrons. The number of nitrogens with zero attached hydrogens (tertiary/aromatic N) is 3. The van der Waals surface area contributed by atoms with Crippen molar-refractivity contribution < 1.29 is 28.2 Å². The standard InChI is InChI=1S/C35H29F2N3O4/c1-43-16-15-40-32-19-26(35(41)42)13-14-31(32)38-33(40)20-24-11-12-25(18-29(24)37)30-3-2-4-34(39-30)44-21-27-10-9-23(17-28(27)36)8-7-22-5-6-22/h2-4,9-14,17-19,22H,5-6,15-16,20-21H2,1H3,(H,41,42). The number of halogens is 2. The second kappa shape index (κ2) is 12.7. The fourth-order valence-corrected chi connectivity index (χ4v) is 4.86. The van der Waals surface area contributed by atoms with Crippen LogP contribution in [0.15, 0.2) is 72.8 Å². The van der Waals surface area contributed by atoms with Crippen LogP contribution in [0.1, 0.15) is 45.7 Å². The summed E-state index contributed by atoms with van der Waals surface area (Å²) in [5, 5.41) is 9.43. The van der Waals surface area contributed by atoms with Gasteiger partial charge in [0.05, 0.1) is 28.9 Å². The number of methoxy groups -OCH3 is 1. The van der Waals surface area contributed by atoms with E-state index in [1.165, 1.54) is 18.2 Å². The monoisotopic (exact) mass is 593 g/mol. The lowest BCUT2D eigenvalue weighted by molar-refractivity contribution is 0.0697. The minimum absolute atomic E-state index is 0.00997. The van der Waals surface area contributed by atoms with Crippen molar-refractivity contribution in [2.45, 2.75) is 32.4 Å². The highest BCUT2D eigenvalue weighted by Gasteiger charge is 2.18. The molecule has 0 unspecified atom stereocenters. The summed E-state index contributed by atoms with van der Waals surface area (Å²) in [5.41, 5.74) is 3.94. The Bertz CT molecular complexity index is 1920. The van der Waals surface area contributed by atoms with Crippen LogP contribution in [0.3, 0.4) is 0 Å². The molecule has 1 saturated carbocycles. The van der Waals surface area contributed by atoms with E-state index >= 15 is 4.39 Å². The van der Waals surface area contributed by atoms with Gasteiger partial charge in [0.15, 0.2) is 0 Å². The van der Waals surface area contributed by atoms with E-state index in [-0.39, 0.29) is 30.3 Å². The fraction of sp³-hybridized carbons (Fsp3) is 0.229. The Balaban J connectivity index is 1.18. The summed E-state index contributed by atoms with van der Waals surface area (Å²) in [5.74, 6) is 5.61. The third kappa shape index (κ3) is 6.61. The lowest BCUT2D eigenvalue weighted by atomic mass is 10.1. The van der Waals surface area contributed by atoms with E-state index in [4.69, 9.17) is 9.47 Å². The average Bonchev–Trinajstić information content (AvgIpc) is 3.79. The highest BCUT2D eigenvalue weighted by atomic mass is 19.1. The molecule has 2 heterocycles. The molecular weight excluding hydrogens is 564 g/mol. The molecule has 5 aromatic rings. The van der Waals surface area contributed by atoms with E-state index in [1.54, 1.807) is 61.7 Å². The number of carboxylic acids is 1. The summed E-state index contributed by atoms with van der Waals surface area (Å²) in [6.45, 7) is 0.808. The normalized spacial score (nSPS) is 12.6. The van der Waals surface area contributed by atoms with Crippen molar-refractivity contribution in [3.8, 4) is 29.0 Å². The molecule has 0 bridgehead atoms. The molecular formula is C35H29F2N3O4. The van der Waals surface area contributed by atoms with Crippen LogP contribution in [-0.2, 0) is 24.3 Å². The van der Waals surface area contributed by atoms with Gasteiger partial charge in [0.1, 0.15) is 24.1 Å². The number of rotatable bonds is 10. The quantitative estimate of drug-likeness (QED) is 0.183. The number of imidazole rings is 1. The predicted molar refractivity (Wildman–Crippen MR) is 161 cm³/mol. The third-order valence-corrected chi connectivity index (χ3v) is 7.44. The number of carbonyl (C=O) groups is 1. The Labute approximate surface area is 253 Å². The first-order valence-corrected chi connectivity index (χ1v) is 14.3. The zero-order valence-corrected chi connectivity index (χ0v) is 24.0. The highest BCUT2D eigenvalue weighted by Crippen LogP contribution is 2.28. The number of aromatic carboxylic acids is 1. The number of ether oxygens (including phenoxy) is 2. The second-order valence-electron chi connectivity index (χ2n) is 10.7. The van der Waals surface area contributed by atoms with Crippen LogP contribution in [0.5, 0.6) is 5.88 Å². The molecule has 9 heteroatoms. The van der Waals surface area contributed by atoms with Crippen molar-refractivity contribution in [3.63, 3.8) is 0 Å². The molecule has 0 amide bonds. The number of aromatic nitrogens is 3. The molecule has 0 atom stereocenters. The molecule has 6 rings (SSSR count). The van der Waals surface area contributed by atoms with E-state index < -0.39 is 11.8 Å². The van der Waals surface area contributed by atoms with Crippen molar-refractivity contribution in [1.82, 2.24) is 14.5 Å². The molecule has 0 spiro atoms. The van der Waals surface area contributed by atoms with Crippen LogP contribution in [0.2, 0.25) is 0 Å². The van der Waals surface area contributed by atoms with Gasteiger partial charge in [0.2, 0.25) is 5.88 Å². The Kier molecular flexibility index (Phi) is 8.35. The first-order chi connectivity index (χ1) is 21.4. The van der Waals surface area contributed by atoms with Gasteiger partial charge >= 0.3 is 5.97 Å². The van der Waals surface area contributed by atoms with Crippen molar-refractivity contribution in [2.75, 3.05) is 13.7 Å². The molecule has 2 aromatic heterocycles. The summed E-state index contributed by atoms with van der Waals surface area (Å²) < 4.78 is 42.9. The summed E-state index contributed by atoms with van der Waals surface area (Å²) >= 11 is 0. The number of benzene rings is 3. The average molecular weight is 594 g/mol. The van der Waals surface area contributed by atoms with Gasteiger partial charge in [-0.25, -0.2) is 23.5 Å². The minimum Gasteiger partial charge on any atom is -0.478 e. The molecule has 7 nitrogen and oxygen atoms in total. The largest absolute Gasteiger partial charge is 0.478 e. The van der Waals surface area contributed by atoms with Crippen LogP contribution < -0.4 is 4.74 Å². The molecule has 0 aliphatic heterocycles. The number of carboxylic acid groups (broad SMARTS) is 1. The molecule has 1 aliphatic carbocycles. The van der Waals surface area contributed by atoms with Gasteiger partial charge in [-0.05, 0) is 60.9 Å². The van der Waals surface area contributed by atoms with Crippen molar-refractivity contribution >= 4 is 17.0 Å². The Morgan fingerprint density at radius 1 is 1.00 bits per heavy atom. The van der Waals surface area contributed by atoms with Gasteiger partial charge < -0.3 is 19.1 Å². The van der Waals surface area contributed by atoms with E-state index in [0.29, 0.717) is 63.9 Å². The Morgan fingerprint density at radius 2 is 1.82 bits per heavy atom. The minimum atomic E-state index is -1.03. The predicted octanol–water partition coefficient (Wildman–Crippen LogP) is 6.65. The lowest BCUT2D eigenvalue weighted by Crippen LogP contribution is -2.10. The van der Waals surface area contributed by atoms with Crippen LogP contribution in [-0.4, -0.2) is 39.3 Å². The van der Waals surface area contributed by atoms with Crippen LogP contribution in [0.4, 0.5) is 8.78 Å². The summed E-state index contributed by atoms with van der Waals surface area (Å²) in [6, 6.07) is 19.6. The maximum atomic E-state index is 15.4. The zero-order valence-electron chi connectivity index (χ0n) is 24.0. The van der Waals surface area contributed by atoms with E-state index in [2.05, 4.69) is 21.8 Å². The van der Waals surface area contributed by atoms with Gasteiger partial charge in [-0.3, -0.25) is 0 Å². The maximum absolute atomic E-state index is 15.4. The fourth-order valence-electron chi connectivity index (χ4n) is 4.86.